The summed E-state index contributed by atoms with van der Waals surface area (Å²) in [5.74, 6) is 7.01. The van der Waals surface area contributed by atoms with Gasteiger partial charge in [-0.3, -0.25) is 15.8 Å². The van der Waals surface area contributed by atoms with Crippen LogP contribution in [0.15, 0.2) is 73.2 Å². The van der Waals surface area contributed by atoms with Crippen molar-refractivity contribution in [1.29, 1.82) is 0 Å². The van der Waals surface area contributed by atoms with Crippen LogP contribution in [0.25, 0.3) is 10.9 Å². The van der Waals surface area contributed by atoms with E-state index in [1.807, 2.05) is 36.4 Å². The predicted octanol–water partition coefficient (Wildman–Crippen LogP) is 3.67. The zero-order valence-electron chi connectivity index (χ0n) is 14.6. The summed E-state index contributed by atoms with van der Waals surface area (Å²) < 4.78 is 0. The van der Waals surface area contributed by atoms with Gasteiger partial charge in [0, 0.05) is 36.2 Å². The van der Waals surface area contributed by atoms with Gasteiger partial charge >= 0.3 is 0 Å². The van der Waals surface area contributed by atoms with Gasteiger partial charge in [-0.05, 0) is 48.0 Å². The first-order valence-electron chi connectivity index (χ1n) is 8.54. The molecule has 0 aliphatic rings. The number of anilines is 4. The van der Waals surface area contributed by atoms with Crippen LogP contribution in [0.3, 0.4) is 0 Å². The molecule has 4 rings (SSSR count). The molecular formula is C20H19N7. The molecular weight excluding hydrogens is 338 g/mol. The standard InChI is InChI=1S/C20H19N7/c21-27-18-5-6-19(25-16-7-10-22-11-8-16)26-20(18)24-13-14-3-4-17-15(12-14)2-1-9-23-17/h1-12,27H,13,21H2,(H2,22,24,25,26). The molecule has 0 saturated heterocycles. The number of rotatable bonds is 6. The van der Waals surface area contributed by atoms with E-state index in [9.17, 15) is 0 Å². The van der Waals surface area contributed by atoms with Gasteiger partial charge in [0.2, 0.25) is 0 Å². The second-order valence-electron chi connectivity index (χ2n) is 5.98. The van der Waals surface area contributed by atoms with Crippen molar-refractivity contribution in [2.75, 3.05) is 16.1 Å². The summed E-state index contributed by atoms with van der Waals surface area (Å²) >= 11 is 0. The van der Waals surface area contributed by atoms with Crippen molar-refractivity contribution in [1.82, 2.24) is 15.0 Å². The average molecular weight is 357 g/mol. The minimum absolute atomic E-state index is 0.616. The fraction of sp³-hybridized carbons (Fsp3) is 0.0500. The summed E-state index contributed by atoms with van der Waals surface area (Å²) in [4.78, 5) is 13.0. The summed E-state index contributed by atoms with van der Waals surface area (Å²) in [5.41, 5.74) is 6.43. The normalized spacial score (nSPS) is 10.6. The number of aromatic nitrogens is 3. The molecule has 0 fully saturated rings. The van der Waals surface area contributed by atoms with E-state index in [0.29, 0.717) is 18.2 Å². The number of hydrazine groups is 1. The first-order valence-corrected chi connectivity index (χ1v) is 8.54. The number of nitrogens with one attached hydrogen (secondary N) is 3. The maximum absolute atomic E-state index is 5.63. The van der Waals surface area contributed by atoms with Gasteiger partial charge in [0.05, 0.1) is 11.2 Å². The lowest BCUT2D eigenvalue weighted by atomic mass is 10.1. The van der Waals surface area contributed by atoms with Gasteiger partial charge in [0.1, 0.15) is 5.82 Å². The third-order valence-corrected chi connectivity index (χ3v) is 4.13. The molecule has 5 N–H and O–H groups in total. The first-order chi connectivity index (χ1) is 13.3. The number of hydrogen-bond donors (Lipinski definition) is 4. The first kappa shape index (κ1) is 16.7. The van der Waals surface area contributed by atoms with Gasteiger partial charge in [-0.15, -0.1) is 0 Å². The highest BCUT2D eigenvalue weighted by Gasteiger charge is 2.06. The second kappa shape index (κ2) is 7.67. The van der Waals surface area contributed by atoms with Crippen molar-refractivity contribution < 1.29 is 0 Å². The third-order valence-electron chi connectivity index (χ3n) is 4.13. The van der Waals surface area contributed by atoms with E-state index in [1.165, 1.54) is 0 Å². The van der Waals surface area contributed by atoms with Gasteiger partial charge < -0.3 is 16.1 Å². The molecule has 0 radical (unpaired) electrons. The van der Waals surface area contributed by atoms with Gasteiger partial charge in [-0.1, -0.05) is 12.1 Å². The quantitative estimate of drug-likeness (QED) is 0.308. The molecule has 134 valence electrons. The van der Waals surface area contributed by atoms with E-state index in [4.69, 9.17) is 5.84 Å². The molecule has 0 spiro atoms. The average Bonchev–Trinajstić information content (AvgIpc) is 2.73. The molecule has 0 aliphatic heterocycles. The van der Waals surface area contributed by atoms with E-state index in [0.717, 1.165) is 27.8 Å². The number of nitrogen functional groups attached to an aromatic ring is 1. The van der Waals surface area contributed by atoms with Gasteiger partial charge in [0.25, 0.3) is 0 Å². The predicted molar refractivity (Wildman–Crippen MR) is 109 cm³/mol. The van der Waals surface area contributed by atoms with Crippen molar-refractivity contribution in [3.63, 3.8) is 0 Å². The van der Waals surface area contributed by atoms with Crippen LogP contribution in [0.1, 0.15) is 5.56 Å². The maximum atomic E-state index is 5.63. The van der Waals surface area contributed by atoms with Crippen molar-refractivity contribution in [2.24, 2.45) is 5.84 Å². The Morgan fingerprint density at radius 3 is 2.67 bits per heavy atom. The summed E-state index contributed by atoms with van der Waals surface area (Å²) in [6.45, 7) is 0.616. The molecule has 0 saturated carbocycles. The number of nitrogens with two attached hydrogens (primary N) is 1. The number of pyridine rings is 3. The van der Waals surface area contributed by atoms with Crippen LogP contribution < -0.4 is 21.9 Å². The minimum Gasteiger partial charge on any atom is -0.364 e. The lowest BCUT2D eigenvalue weighted by Gasteiger charge is -2.13. The SMILES string of the molecule is NNc1ccc(Nc2ccncc2)nc1NCc1ccc2ncccc2c1. The summed E-state index contributed by atoms with van der Waals surface area (Å²) in [6.07, 6.45) is 5.25. The van der Waals surface area contributed by atoms with Crippen molar-refractivity contribution in [2.45, 2.75) is 6.54 Å². The molecule has 3 aromatic heterocycles. The molecule has 0 unspecified atom stereocenters. The lowest BCUT2D eigenvalue weighted by molar-refractivity contribution is 1.11. The Bertz CT molecular complexity index is 1050. The molecule has 27 heavy (non-hydrogen) atoms. The molecule has 7 nitrogen and oxygen atoms in total. The van der Waals surface area contributed by atoms with Crippen LogP contribution >= 0.6 is 0 Å². The molecule has 3 heterocycles. The van der Waals surface area contributed by atoms with E-state index < -0.39 is 0 Å². The minimum atomic E-state index is 0.616. The van der Waals surface area contributed by atoms with Crippen molar-refractivity contribution >= 4 is 33.9 Å². The Labute approximate surface area is 156 Å². The molecule has 1 aromatic carbocycles. The Balaban J connectivity index is 1.53. The number of hydrogen-bond acceptors (Lipinski definition) is 7. The molecule has 0 aliphatic carbocycles. The highest BCUT2D eigenvalue weighted by molar-refractivity contribution is 5.79. The summed E-state index contributed by atoms with van der Waals surface area (Å²) in [7, 11) is 0. The van der Waals surface area contributed by atoms with Crippen LogP contribution in [0.2, 0.25) is 0 Å². The smallest absolute Gasteiger partial charge is 0.153 e. The highest BCUT2D eigenvalue weighted by atomic mass is 15.2. The number of benzene rings is 1. The Kier molecular flexibility index (Phi) is 4.76. The highest BCUT2D eigenvalue weighted by Crippen LogP contribution is 2.24. The van der Waals surface area contributed by atoms with Crippen molar-refractivity contribution in [3.8, 4) is 0 Å². The van der Waals surface area contributed by atoms with Gasteiger partial charge in [-0.25, -0.2) is 4.98 Å². The van der Waals surface area contributed by atoms with Crippen LogP contribution in [0.4, 0.5) is 23.0 Å². The van der Waals surface area contributed by atoms with E-state index >= 15 is 0 Å². The van der Waals surface area contributed by atoms with Crippen molar-refractivity contribution in [3.05, 3.63) is 78.8 Å². The zero-order chi connectivity index (χ0) is 18.5. The van der Waals surface area contributed by atoms with Crippen LogP contribution in [-0.4, -0.2) is 15.0 Å². The molecule has 0 amide bonds. The Hall–Kier alpha value is -3.71. The Morgan fingerprint density at radius 1 is 0.926 bits per heavy atom. The largest absolute Gasteiger partial charge is 0.364 e. The zero-order valence-corrected chi connectivity index (χ0v) is 14.6. The monoisotopic (exact) mass is 357 g/mol. The molecule has 0 atom stereocenters. The number of nitrogens with zero attached hydrogens (tertiary/aromatic N) is 3. The van der Waals surface area contributed by atoms with Crippen LogP contribution in [0, 0.1) is 0 Å². The fourth-order valence-corrected chi connectivity index (χ4v) is 2.78. The van der Waals surface area contributed by atoms with E-state index in [-0.39, 0.29) is 0 Å². The third kappa shape index (κ3) is 3.94. The molecule has 0 bridgehead atoms. The second-order valence-corrected chi connectivity index (χ2v) is 5.98. The summed E-state index contributed by atoms with van der Waals surface area (Å²) in [5, 5.41) is 7.70. The molecule has 4 aromatic rings. The topological polar surface area (TPSA) is 101 Å². The van der Waals surface area contributed by atoms with Crippen LogP contribution in [0.5, 0.6) is 0 Å². The van der Waals surface area contributed by atoms with Gasteiger partial charge in [-0.2, -0.15) is 0 Å². The maximum Gasteiger partial charge on any atom is 0.153 e. The van der Waals surface area contributed by atoms with E-state index in [1.54, 1.807) is 18.6 Å². The number of fused-ring (bicyclic) bond motifs is 1. The fourth-order valence-electron chi connectivity index (χ4n) is 2.78. The van der Waals surface area contributed by atoms with Crippen LogP contribution in [-0.2, 0) is 6.54 Å². The lowest BCUT2D eigenvalue weighted by Crippen LogP contribution is -2.12. The van der Waals surface area contributed by atoms with E-state index in [2.05, 4.69) is 49.2 Å². The summed E-state index contributed by atoms with van der Waals surface area (Å²) in [6, 6.07) is 17.7. The molecule has 7 heteroatoms. The van der Waals surface area contributed by atoms with Gasteiger partial charge in [0.15, 0.2) is 5.82 Å². The Morgan fingerprint density at radius 2 is 1.81 bits per heavy atom.